The maximum Gasteiger partial charge on any atom is 0.196 e. The molecule has 0 radical (unpaired) electrons. The van der Waals surface area contributed by atoms with Crippen molar-refractivity contribution in [3.63, 3.8) is 0 Å². The Morgan fingerprint density at radius 3 is 2.84 bits per heavy atom. The van der Waals surface area contributed by atoms with Crippen molar-refractivity contribution in [2.24, 2.45) is 0 Å². The number of anilines is 1. The predicted octanol–water partition coefficient (Wildman–Crippen LogP) is 2.44. The average Bonchev–Trinajstić information content (AvgIpc) is 2.46. The highest BCUT2D eigenvalue weighted by Crippen LogP contribution is 2.18. The van der Waals surface area contributed by atoms with Gasteiger partial charge in [0.15, 0.2) is 5.78 Å². The quantitative estimate of drug-likeness (QED) is 0.708. The number of nitrogens with two attached hydrogens (primary N) is 1. The molecule has 0 aliphatic heterocycles. The zero-order valence-electron chi connectivity index (χ0n) is 10.1. The molecule has 3 aromatic rings. The Balaban J connectivity index is 2.09. The SMILES string of the molecule is Nc1ccncc1C(=O)c1ccc2ncccc2c1. The monoisotopic (exact) mass is 249 g/mol. The van der Waals surface area contributed by atoms with Crippen molar-refractivity contribution < 1.29 is 4.79 Å². The van der Waals surface area contributed by atoms with Crippen LogP contribution < -0.4 is 5.73 Å². The topological polar surface area (TPSA) is 68.9 Å². The van der Waals surface area contributed by atoms with Crippen LogP contribution in [-0.4, -0.2) is 15.8 Å². The first-order valence-electron chi connectivity index (χ1n) is 5.85. The zero-order valence-corrected chi connectivity index (χ0v) is 10.1. The number of hydrogen-bond donors (Lipinski definition) is 1. The van der Waals surface area contributed by atoms with Crippen LogP contribution in [0.3, 0.4) is 0 Å². The summed E-state index contributed by atoms with van der Waals surface area (Å²) in [5, 5.41) is 0.927. The van der Waals surface area contributed by atoms with E-state index < -0.39 is 0 Å². The van der Waals surface area contributed by atoms with Crippen LogP contribution in [0.1, 0.15) is 15.9 Å². The van der Waals surface area contributed by atoms with Crippen molar-refractivity contribution in [1.82, 2.24) is 9.97 Å². The smallest absolute Gasteiger partial charge is 0.196 e. The van der Waals surface area contributed by atoms with E-state index >= 15 is 0 Å². The highest BCUT2D eigenvalue weighted by molar-refractivity contribution is 6.13. The lowest BCUT2D eigenvalue weighted by molar-refractivity contribution is 0.103. The molecule has 2 aromatic heterocycles. The van der Waals surface area contributed by atoms with Crippen LogP contribution in [0.4, 0.5) is 5.69 Å². The Kier molecular flexibility index (Phi) is 2.68. The second-order valence-corrected chi connectivity index (χ2v) is 4.20. The Hall–Kier alpha value is -2.75. The molecular weight excluding hydrogens is 238 g/mol. The summed E-state index contributed by atoms with van der Waals surface area (Å²) in [6.45, 7) is 0. The number of carbonyl (C=O) groups excluding carboxylic acids is 1. The molecule has 4 nitrogen and oxygen atoms in total. The van der Waals surface area contributed by atoms with E-state index in [0.717, 1.165) is 10.9 Å². The van der Waals surface area contributed by atoms with E-state index in [1.165, 1.54) is 6.20 Å². The van der Waals surface area contributed by atoms with E-state index in [1.807, 2.05) is 24.3 Å². The van der Waals surface area contributed by atoms with E-state index in [4.69, 9.17) is 5.73 Å². The fraction of sp³-hybridized carbons (Fsp3) is 0. The molecule has 0 unspecified atom stereocenters. The van der Waals surface area contributed by atoms with Crippen LogP contribution in [0, 0.1) is 0 Å². The van der Waals surface area contributed by atoms with Crippen molar-refractivity contribution in [3.05, 3.63) is 66.1 Å². The summed E-state index contributed by atoms with van der Waals surface area (Å²) >= 11 is 0. The number of fused-ring (bicyclic) bond motifs is 1. The van der Waals surface area contributed by atoms with E-state index in [9.17, 15) is 4.79 Å². The number of nitrogen functional groups attached to an aromatic ring is 1. The van der Waals surface area contributed by atoms with Gasteiger partial charge in [0.1, 0.15) is 0 Å². The Bertz CT molecular complexity index is 768. The summed E-state index contributed by atoms with van der Waals surface area (Å²) in [6, 6.07) is 10.8. The minimum Gasteiger partial charge on any atom is -0.398 e. The van der Waals surface area contributed by atoms with Gasteiger partial charge in [0.2, 0.25) is 0 Å². The number of carbonyl (C=O) groups is 1. The van der Waals surface area contributed by atoms with Crippen molar-refractivity contribution >= 4 is 22.4 Å². The summed E-state index contributed by atoms with van der Waals surface area (Å²) in [5.41, 5.74) is 8.10. The molecule has 0 aliphatic carbocycles. The third-order valence-electron chi connectivity index (χ3n) is 2.96. The van der Waals surface area contributed by atoms with Crippen LogP contribution >= 0.6 is 0 Å². The molecule has 1 aromatic carbocycles. The third kappa shape index (κ3) is 2.04. The van der Waals surface area contributed by atoms with Gasteiger partial charge in [-0.25, -0.2) is 0 Å². The molecule has 0 aliphatic rings. The maximum atomic E-state index is 12.4. The Morgan fingerprint density at radius 2 is 2.00 bits per heavy atom. The fourth-order valence-corrected chi connectivity index (χ4v) is 1.97. The first kappa shape index (κ1) is 11.3. The molecule has 3 rings (SSSR count). The lowest BCUT2D eigenvalue weighted by Crippen LogP contribution is -2.05. The van der Waals surface area contributed by atoms with Gasteiger partial charge in [-0.05, 0) is 30.3 Å². The van der Waals surface area contributed by atoms with Gasteiger partial charge < -0.3 is 5.73 Å². The van der Waals surface area contributed by atoms with E-state index in [1.54, 1.807) is 24.5 Å². The van der Waals surface area contributed by atoms with Crippen LogP contribution in [0.15, 0.2) is 55.0 Å². The van der Waals surface area contributed by atoms with Crippen LogP contribution in [-0.2, 0) is 0 Å². The van der Waals surface area contributed by atoms with Crippen molar-refractivity contribution in [2.45, 2.75) is 0 Å². The van der Waals surface area contributed by atoms with Crippen molar-refractivity contribution in [1.29, 1.82) is 0 Å². The van der Waals surface area contributed by atoms with Crippen molar-refractivity contribution in [3.8, 4) is 0 Å². The second kappa shape index (κ2) is 4.49. The van der Waals surface area contributed by atoms with Gasteiger partial charge in [-0.15, -0.1) is 0 Å². The first-order chi connectivity index (χ1) is 9.25. The number of pyridine rings is 2. The average molecular weight is 249 g/mol. The minimum atomic E-state index is -0.128. The molecule has 0 amide bonds. The van der Waals surface area contributed by atoms with Gasteiger partial charge in [-0.1, -0.05) is 6.07 Å². The largest absolute Gasteiger partial charge is 0.398 e. The van der Waals surface area contributed by atoms with E-state index in [2.05, 4.69) is 9.97 Å². The lowest BCUT2D eigenvalue weighted by Gasteiger charge is -2.05. The van der Waals surface area contributed by atoms with E-state index in [0.29, 0.717) is 16.8 Å². The van der Waals surface area contributed by atoms with Crippen LogP contribution in [0.5, 0.6) is 0 Å². The first-order valence-corrected chi connectivity index (χ1v) is 5.85. The molecule has 2 heterocycles. The molecular formula is C15H11N3O. The zero-order chi connectivity index (χ0) is 13.2. The van der Waals surface area contributed by atoms with Crippen LogP contribution in [0.2, 0.25) is 0 Å². The second-order valence-electron chi connectivity index (χ2n) is 4.20. The Morgan fingerprint density at radius 1 is 1.11 bits per heavy atom. The minimum absolute atomic E-state index is 0.128. The van der Waals surface area contributed by atoms with Crippen LogP contribution in [0.25, 0.3) is 10.9 Å². The summed E-state index contributed by atoms with van der Waals surface area (Å²) in [5.74, 6) is -0.128. The summed E-state index contributed by atoms with van der Waals surface area (Å²) in [6.07, 6.45) is 4.78. The summed E-state index contributed by atoms with van der Waals surface area (Å²) in [4.78, 5) is 20.5. The number of aromatic nitrogens is 2. The van der Waals surface area contributed by atoms with E-state index in [-0.39, 0.29) is 5.78 Å². The molecule has 0 fully saturated rings. The molecule has 0 atom stereocenters. The molecule has 4 heteroatoms. The van der Waals surface area contributed by atoms with Crippen molar-refractivity contribution in [2.75, 3.05) is 5.73 Å². The number of benzene rings is 1. The standard InChI is InChI=1S/C15H11N3O/c16-13-5-7-17-9-12(13)15(19)11-3-4-14-10(8-11)2-1-6-18-14/h1-9H,(H2,16,17). The molecule has 0 saturated carbocycles. The normalized spacial score (nSPS) is 10.5. The van der Waals surface area contributed by atoms with Gasteiger partial charge >= 0.3 is 0 Å². The van der Waals surface area contributed by atoms with Gasteiger partial charge in [0, 0.05) is 35.2 Å². The molecule has 0 bridgehead atoms. The highest BCUT2D eigenvalue weighted by atomic mass is 16.1. The molecule has 0 saturated heterocycles. The molecule has 0 spiro atoms. The van der Waals surface area contributed by atoms with Gasteiger partial charge in [-0.2, -0.15) is 0 Å². The molecule has 92 valence electrons. The third-order valence-corrected chi connectivity index (χ3v) is 2.96. The summed E-state index contributed by atoms with van der Waals surface area (Å²) < 4.78 is 0. The Labute approximate surface area is 109 Å². The molecule has 19 heavy (non-hydrogen) atoms. The maximum absolute atomic E-state index is 12.4. The number of rotatable bonds is 2. The van der Waals surface area contributed by atoms with Gasteiger partial charge in [0.05, 0.1) is 11.1 Å². The number of nitrogens with zero attached hydrogens (tertiary/aromatic N) is 2. The van der Waals surface area contributed by atoms with Gasteiger partial charge in [0.25, 0.3) is 0 Å². The number of ketones is 1. The summed E-state index contributed by atoms with van der Waals surface area (Å²) in [7, 11) is 0. The number of hydrogen-bond acceptors (Lipinski definition) is 4. The predicted molar refractivity (Wildman–Crippen MR) is 73.8 cm³/mol. The lowest BCUT2D eigenvalue weighted by atomic mass is 10.0. The fourth-order valence-electron chi connectivity index (χ4n) is 1.97. The molecule has 2 N–H and O–H groups in total. The highest BCUT2D eigenvalue weighted by Gasteiger charge is 2.12. The van der Waals surface area contributed by atoms with Gasteiger partial charge in [-0.3, -0.25) is 14.8 Å².